The van der Waals surface area contributed by atoms with Gasteiger partial charge in [-0.15, -0.1) is 0 Å². The molecule has 1 atom stereocenters. The van der Waals surface area contributed by atoms with E-state index in [0.717, 1.165) is 23.7 Å². The lowest BCUT2D eigenvalue weighted by Gasteiger charge is -2.29. The van der Waals surface area contributed by atoms with Gasteiger partial charge in [-0.1, -0.05) is 40.5 Å². The maximum Gasteiger partial charge on any atom is 0.252 e. The average Bonchev–Trinajstić information content (AvgIpc) is 2.32. The number of hydrogen-bond donors (Lipinski definition) is 1. The number of alkyl halides is 1. The van der Waals surface area contributed by atoms with E-state index in [4.69, 9.17) is 11.6 Å². The fraction of sp³-hybridized carbons (Fsp3) is 0.500. The molecule has 1 rings (SSSR count). The number of carbonyl (C=O) groups excluding carboxylic acids is 1. The predicted octanol–water partition coefficient (Wildman–Crippen LogP) is 4.33. The molecular formula is C14H19BrClNO. The van der Waals surface area contributed by atoms with Crippen molar-refractivity contribution < 1.29 is 4.79 Å². The second-order valence-electron chi connectivity index (χ2n) is 4.72. The van der Waals surface area contributed by atoms with Gasteiger partial charge in [0, 0.05) is 21.5 Å². The summed E-state index contributed by atoms with van der Waals surface area (Å²) in [5.41, 5.74) is 1.29. The highest BCUT2D eigenvalue weighted by Gasteiger charge is 2.24. The van der Waals surface area contributed by atoms with Crippen LogP contribution in [0.4, 0.5) is 0 Å². The van der Waals surface area contributed by atoms with Crippen molar-refractivity contribution in [1.82, 2.24) is 5.32 Å². The van der Waals surface area contributed by atoms with E-state index in [1.165, 1.54) is 0 Å². The zero-order valence-electron chi connectivity index (χ0n) is 11.0. The SMILES string of the molecule is CCC(C)(CCBr)NC(=O)c1cccc(Cl)c1C. The van der Waals surface area contributed by atoms with E-state index in [1.54, 1.807) is 18.2 Å². The highest BCUT2D eigenvalue weighted by atomic mass is 79.9. The third-order valence-electron chi connectivity index (χ3n) is 3.35. The van der Waals surface area contributed by atoms with Crippen molar-refractivity contribution in [3.8, 4) is 0 Å². The first-order valence-electron chi connectivity index (χ1n) is 6.07. The van der Waals surface area contributed by atoms with Crippen LogP contribution >= 0.6 is 27.5 Å². The number of nitrogens with one attached hydrogen (secondary N) is 1. The van der Waals surface area contributed by atoms with Crippen LogP contribution in [0.3, 0.4) is 0 Å². The summed E-state index contributed by atoms with van der Waals surface area (Å²) in [7, 11) is 0. The number of benzene rings is 1. The molecule has 4 heteroatoms. The minimum Gasteiger partial charge on any atom is -0.347 e. The van der Waals surface area contributed by atoms with Crippen molar-refractivity contribution in [2.45, 2.75) is 39.2 Å². The fourth-order valence-corrected chi connectivity index (χ4v) is 2.78. The lowest BCUT2D eigenvalue weighted by molar-refractivity contribution is 0.0901. The van der Waals surface area contributed by atoms with E-state index in [0.29, 0.717) is 10.6 Å². The highest BCUT2D eigenvalue weighted by molar-refractivity contribution is 9.09. The molecule has 2 nitrogen and oxygen atoms in total. The molecular weight excluding hydrogens is 314 g/mol. The van der Waals surface area contributed by atoms with Gasteiger partial charge >= 0.3 is 0 Å². The van der Waals surface area contributed by atoms with E-state index in [2.05, 4.69) is 35.1 Å². The van der Waals surface area contributed by atoms with Crippen LogP contribution in [-0.4, -0.2) is 16.8 Å². The molecule has 1 amide bonds. The zero-order chi connectivity index (χ0) is 13.8. The molecule has 1 N–H and O–H groups in total. The summed E-state index contributed by atoms with van der Waals surface area (Å²) in [4.78, 5) is 12.3. The van der Waals surface area contributed by atoms with Crippen LogP contribution in [0.15, 0.2) is 18.2 Å². The third-order valence-corrected chi connectivity index (χ3v) is 4.16. The first-order chi connectivity index (χ1) is 8.43. The summed E-state index contributed by atoms with van der Waals surface area (Å²) in [5.74, 6) is -0.0553. The van der Waals surface area contributed by atoms with Crippen LogP contribution in [-0.2, 0) is 0 Å². The number of rotatable bonds is 5. The molecule has 1 unspecified atom stereocenters. The Bertz CT molecular complexity index is 436. The van der Waals surface area contributed by atoms with E-state index < -0.39 is 0 Å². The van der Waals surface area contributed by atoms with E-state index in [1.807, 2.05) is 6.92 Å². The maximum absolute atomic E-state index is 12.3. The topological polar surface area (TPSA) is 29.1 Å². The van der Waals surface area contributed by atoms with Gasteiger partial charge in [-0.05, 0) is 44.4 Å². The van der Waals surface area contributed by atoms with Gasteiger partial charge in [0.2, 0.25) is 0 Å². The molecule has 0 aromatic heterocycles. The van der Waals surface area contributed by atoms with Gasteiger partial charge in [0.1, 0.15) is 0 Å². The van der Waals surface area contributed by atoms with Crippen LogP contribution in [0.25, 0.3) is 0 Å². The maximum atomic E-state index is 12.3. The van der Waals surface area contributed by atoms with Crippen LogP contribution in [0.2, 0.25) is 5.02 Å². The largest absolute Gasteiger partial charge is 0.347 e. The Morgan fingerprint density at radius 3 is 2.72 bits per heavy atom. The Labute approximate surface area is 122 Å². The van der Waals surface area contributed by atoms with E-state index >= 15 is 0 Å². The first-order valence-corrected chi connectivity index (χ1v) is 7.57. The van der Waals surface area contributed by atoms with Crippen molar-refractivity contribution in [3.05, 3.63) is 34.3 Å². The van der Waals surface area contributed by atoms with Gasteiger partial charge < -0.3 is 5.32 Å². The van der Waals surface area contributed by atoms with Gasteiger partial charge in [0.15, 0.2) is 0 Å². The van der Waals surface area contributed by atoms with Crippen molar-refractivity contribution in [1.29, 1.82) is 0 Å². The molecule has 100 valence electrons. The van der Waals surface area contributed by atoms with Crippen LogP contribution in [0.1, 0.15) is 42.6 Å². The molecule has 0 aliphatic carbocycles. The highest BCUT2D eigenvalue weighted by Crippen LogP contribution is 2.21. The van der Waals surface area contributed by atoms with Crippen LogP contribution in [0, 0.1) is 6.92 Å². The van der Waals surface area contributed by atoms with E-state index in [-0.39, 0.29) is 11.4 Å². The number of carbonyl (C=O) groups is 1. The van der Waals surface area contributed by atoms with Gasteiger partial charge in [-0.3, -0.25) is 4.79 Å². The fourth-order valence-electron chi connectivity index (χ4n) is 1.73. The zero-order valence-corrected chi connectivity index (χ0v) is 13.4. The third kappa shape index (κ3) is 3.72. The lowest BCUT2D eigenvalue weighted by Crippen LogP contribution is -2.46. The summed E-state index contributed by atoms with van der Waals surface area (Å²) in [6.45, 7) is 6.00. The van der Waals surface area contributed by atoms with Crippen molar-refractivity contribution in [2.75, 3.05) is 5.33 Å². The summed E-state index contributed by atoms with van der Waals surface area (Å²) in [6, 6.07) is 5.41. The Balaban J connectivity index is 2.91. The number of amides is 1. The molecule has 0 saturated heterocycles. The Morgan fingerprint density at radius 2 is 2.17 bits per heavy atom. The summed E-state index contributed by atoms with van der Waals surface area (Å²) in [6.07, 6.45) is 1.79. The first kappa shape index (κ1) is 15.5. The quantitative estimate of drug-likeness (QED) is 0.799. The van der Waals surface area contributed by atoms with Crippen LogP contribution < -0.4 is 5.32 Å². The van der Waals surface area contributed by atoms with Gasteiger partial charge in [-0.25, -0.2) is 0 Å². The van der Waals surface area contributed by atoms with Crippen molar-refractivity contribution in [3.63, 3.8) is 0 Å². The Morgan fingerprint density at radius 1 is 1.50 bits per heavy atom. The number of halogens is 2. The van der Waals surface area contributed by atoms with Gasteiger partial charge in [0.05, 0.1) is 0 Å². The molecule has 0 bridgehead atoms. The minimum atomic E-state index is -0.185. The molecule has 0 radical (unpaired) electrons. The molecule has 0 aliphatic rings. The summed E-state index contributed by atoms with van der Waals surface area (Å²) < 4.78 is 0. The summed E-state index contributed by atoms with van der Waals surface area (Å²) >= 11 is 9.46. The van der Waals surface area contributed by atoms with E-state index in [9.17, 15) is 4.79 Å². The predicted molar refractivity (Wildman–Crippen MR) is 80.8 cm³/mol. The molecule has 0 spiro atoms. The molecule has 1 aromatic rings. The van der Waals surface area contributed by atoms with Gasteiger partial charge in [0.25, 0.3) is 5.91 Å². The van der Waals surface area contributed by atoms with Gasteiger partial charge in [-0.2, -0.15) is 0 Å². The lowest BCUT2D eigenvalue weighted by atomic mass is 9.94. The summed E-state index contributed by atoms with van der Waals surface area (Å²) in [5, 5.41) is 4.59. The molecule has 0 heterocycles. The second kappa shape index (κ2) is 6.58. The van der Waals surface area contributed by atoms with Crippen LogP contribution in [0.5, 0.6) is 0 Å². The Hall–Kier alpha value is -0.540. The monoisotopic (exact) mass is 331 g/mol. The smallest absolute Gasteiger partial charge is 0.252 e. The molecule has 0 fully saturated rings. The van der Waals surface area contributed by atoms with Crippen molar-refractivity contribution >= 4 is 33.4 Å². The number of hydrogen-bond acceptors (Lipinski definition) is 1. The average molecular weight is 333 g/mol. The van der Waals surface area contributed by atoms with Crippen molar-refractivity contribution in [2.24, 2.45) is 0 Å². The normalized spacial score (nSPS) is 14.1. The molecule has 0 saturated carbocycles. The molecule has 18 heavy (non-hydrogen) atoms. The molecule has 1 aromatic carbocycles. The second-order valence-corrected chi connectivity index (χ2v) is 5.92. The molecule has 0 aliphatic heterocycles. The minimum absolute atomic E-state index is 0.0553. The Kier molecular flexibility index (Phi) is 5.67. The standard InChI is InChI=1S/C14H19BrClNO/c1-4-14(3,8-9-15)17-13(18)11-6-5-7-12(16)10(11)2/h5-7H,4,8-9H2,1-3H3,(H,17,18).